The Kier molecular flexibility index (Phi) is 5.06. The summed E-state index contributed by atoms with van der Waals surface area (Å²) in [5.74, 6) is 0. The summed E-state index contributed by atoms with van der Waals surface area (Å²) in [5, 5.41) is 2.94. The number of benzene rings is 1. The Morgan fingerprint density at radius 2 is 1.65 bits per heavy atom. The van der Waals surface area contributed by atoms with E-state index in [0.717, 1.165) is 28.7 Å². The lowest BCUT2D eigenvalue weighted by molar-refractivity contribution is 0.0979. The van der Waals surface area contributed by atoms with Gasteiger partial charge in [0.05, 0.1) is 6.04 Å². The van der Waals surface area contributed by atoms with Crippen LogP contribution in [0.25, 0.3) is 0 Å². The number of halogens is 2. The van der Waals surface area contributed by atoms with Gasteiger partial charge in [-0.3, -0.25) is 0 Å². The summed E-state index contributed by atoms with van der Waals surface area (Å²) in [5.41, 5.74) is 3.75. The highest BCUT2D eigenvalue weighted by Gasteiger charge is 2.24. The zero-order valence-electron chi connectivity index (χ0n) is 11.0. The molecule has 0 aliphatic rings. The zero-order chi connectivity index (χ0) is 13.0. The fourth-order valence-corrected chi connectivity index (χ4v) is 2.30. The minimum absolute atomic E-state index is 0.613. The van der Waals surface area contributed by atoms with Crippen molar-refractivity contribution in [2.24, 2.45) is 0 Å². The molecule has 0 aliphatic carbocycles. The van der Waals surface area contributed by atoms with Crippen LogP contribution in [0, 0.1) is 20.8 Å². The number of rotatable bonds is 5. The van der Waals surface area contributed by atoms with E-state index < -0.39 is 12.5 Å². The van der Waals surface area contributed by atoms with E-state index in [1.54, 1.807) is 0 Å². The van der Waals surface area contributed by atoms with Gasteiger partial charge in [-0.05, 0) is 50.4 Å². The molecule has 0 radical (unpaired) electrons. The molecule has 1 unspecified atom stereocenters. The molecular weight excluding hydrogens is 220 g/mol. The third kappa shape index (κ3) is 3.50. The monoisotopic (exact) mass is 241 g/mol. The van der Waals surface area contributed by atoms with Gasteiger partial charge >= 0.3 is 0 Å². The van der Waals surface area contributed by atoms with Gasteiger partial charge in [-0.25, -0.2) is 8.78 Å². The molecule has 0 fully saturated rings. The Morgan fingerprint density at radius 1 is 1.12 bits per heavy atom. The van der Waals surface area contributed by atoms with Crippen molar-refractivity contribution in [2.45, 2.75) is 46.6 Å². The van der Waals surface area contributed by atoms with E-state index in [1.165, 1.54) is 0 Å². The van der Waals surface area contributed by atoms with Gasteiger partial charge in [-0.2, -0.15) is 0 Å². The van der Waals surface area contributed by atoms with Crippen molar-refractivity contribution >= 4 is 0 Å². The van der Waals surface area contributed by atoms with Crippen LogP contribution in [0.1, 0.15) is 41.6 Å². The first-order chi connectivity index (χ1) is 7.97. The standard InChI is InChI=1S/C14H21F2N/c1-5-6-17-13(14(15)16)12-10(3)7-9(2)8-11(12)4/h7-8,13-14,17H,5-6H2,1-4H3. The second-order valence-corrected chi connectivity index (χ2v) is 4.58. The van der Waals surface area contributed by atoms with Crippen LogP contribution in [0.2, 0.25) is 0 Å². The second kappa shape index (κ2) is 6.10. The fourth-order valence-electron chi connectivity index (χ4n) is 2.30. The first-order valence-corrected chi connectivity index (χ1v) is 6.06. The molecule has 1 rings (SSSR count). The number of aryl methyl sites for hydroxylation is 3. The van der Waals surface area contributed by atoms with Gasteiger partial charge in [0.2, 0.25) is 0 Å². The van der Waals surface area contributed by atoms with E-state index in [1.807, 2.05) is 39.8 Å². The predicted octanol–water partition coefficient (Wildman–Crippen LogP) is 3.92. The summed E-state index contributed by atoms with van der Waals surface area (Å²) in [6.45, 7) is 8.38. The number of nitrogens with one attached hydrogen (secondary N) is 1. The highest BCUT2D eigenvalue weighted by atomic mass is 19.3. The molecule has 1 nitrogen and oxygen atoms in total. The summed E-state index contributed by atoms with van der Waals surface area (Å²) in [6.07, 6.45) is -1.52. The summed E-state index contributed by atoms with van der Waals surface area (Å²) in [4.78, 5) is 0. The average molecular weight is 241 g/mol. The van der Waals surface area contributed by atoms with Gasteiger partial charge in [-0.1, -0.05) is 24.6 Å². The number of hydrogen-bond acceptors (Lipinski definition) is 1. The van der Waals surface area contributed by atoms with Crippen LogP contribution < -0.4 is 5.32 Å². The number of alkyl halides is 2. The molecule has 1 aromatic rings. The van der Waals surface area contributed by atoms with Crippen molar-refractivity contribution in [1.82, 2.24) is 5.32 Å². The lowest BCUT2D eigenvalue weighted by atomic mass is 9.94. The Balaban J connectivity index is 3.09. The normalized spacial score (nSPS) is 13.1. The molecule has 96 valence electrons. The maximum atomic E-state index is 13.1. The van der Waals surface area contributed by atoms with Gasteiger partial charge in [0.1, 0.15) is 0 Å². The van der Waals surface area contributed by atoms with Crippen LogP contribution in [-0.2, 0) is 0 Å². The van der Waals surface area contributed by atoms with E-state index >= 15 is 0 Å². The van der Waals surface area contributed by atoms with E-state index in [4.69, 9.17) is 0 Å². The quantitative estimate of drug-likeness (QED) is 0.824. The highest BCUT2D eigenvalue weighted by Crippen LogP contribution is 2.28. The minimum Gasteiger partial charge on any atom is -0.305 e. The average Bonchev–Trinajstić information content (AvgIpc) is 2.20. The molecular formula is C14H21F2N. The molecule has 1 atom stereocenters. The van der Waals surface area contributed by atoms with E-state index in [2.05, 4.69) is 5.32 Å². The molecule has 0 aliphatic heterocycles. The Bertz CT molecular complexity index is 351. The predicted molar refractivity (Wildman–Crippen MR) is 67.7 cm³/mol. The largest absolute Gasteiger partial charge is 0.305 e. The van der Waals surface area contributed by atoms with E-state index in [-0.39, 0.29) is 0 Å². The Hall–Kier alpha value is -0.960. The van der Waals surface area contributed by atoms with Crippen LogP contribution in [-0.4, -0.2) is 13.0 Å². The third-order valence-electron chi connectivity index (χ3n) is 2.92. The van der Waals surface area contributed by atoms with Crippen LogP contribution in [0.5, 0.6) is 0 Å². The molecule has 0 bridgehead atoms. The Labute approximate surface area is 102 Å². The van der Waals surface area contributed by atoms with E-state index in [0.29, 0.717) is 6.54 Å². The van der Waals surface area contributed by atoms with Crippen LogP contribution >= 0.6 is 0 Å². The van der Waals surface area contributed by atoms with Crippen molar-refractivity contribution in [1.29, 1.82) is 0 Å². The first kappa shape index (κ1) is 14.1. The summed E-state index contributed by atoms with van der Waals surface area (Å²) < 4.78 is 26.2. The molecule has 0 spiro atoms. The molecule has 0 heterocycles. The molecule has 17 heavy (non-hydrogen) atoms. The van der Waals surface area contributed by atoms with Gasteiger partial charge in [0.15, 0.2) is 0 Å². The smallest absolute Gasteiger partial charge is 0.257 e. The maximum Gasteiger partial charge on any atom is 0.257 e. The lowest BCUT2D eigenvalue weighted by Gasteiger charge is -2.22. The van der Waals surface area contributed by atoms with Crippen LogP contribution in [0.4, 0.5) is 8.78 Å². The summed E-state index contributed by atoms with van der Waals surface area (Å²) in [7, 11) is 0. The van der Waals surface area contributed by atoms with Crippen molar-refractivity contribution in [2.75, 3.05) is 6.54 Å². The molecule has 1 aromatic carbocycles. The first-order valence-electron chi connectivity index (χ1n) is 6.06. The van der Waals surface area contributed by atoms with Crippen molar-refractivity contribution in [3.05, 3.63) is 34.4 Å². The molecule has 0 saturated heterocycles. The van der Waals surface area contributed by atoms with Crippen LogP contribution in [0.15, 0.2) is 12.1 Å². The van der Waals surface area contributed by atoms with Gasteiger partial charge < -0.3 is 5.32 Å². The number of hydrogen-bond donors (Lipinski definition) is 1. The summed E-state index contributed by atoms with van der Waals surface area (Å²) in [6, 6.07) is 3.08. The van der Waals surface area contributed by atoms with Gasteiger partial charge in [0, 0.05) is 0 Å². The fraction of sp³-hybridized carbons (Fsp3) is 0.571. The van der Waals surface area contributed by atoms with Crippen LogP contribution in [0.3, 0.4) is 0 Å². The second-order valence-electron chi connectivity index (χ2n) is 4.58. The maximum absolute atomic E-state index is 13.1. The van der Waals surface area contributed by atoms with Gasteiger partial charge in [-0.15, -0.1) is 0 Å². The SMILES string of the molecule is CCCNC(c1c(C)cc(C)cc1C)C(F)F. The lowest BCUT2D eigenvalue weighted by Crippen LogP contribution is -2.29. The molecule has 1 N–H and O–H groups in total. The highest BCUT2D eigenvalue weighted by molar-refractivity contribution is 5.40. The Morgan fingerprint density at radius 3 is 2.06 bits per heavy atom. The van der Waals surface area contributed by atoms with Crippen molar-refractivity contribution in [3.63, 3.8) is 0 Å². The van der Waals surface area contributed by atoms with Crippen molar-refractivity contribution < 1.29 is 8.78 Å². The summed E-state index contributed by atoms with van der Waals surface area (Å²) >= 11 is 0. The molecule has 0 saturated carbocycles. The minimum atomic E-state index is -2.37. The van der Waals surface area contributed by atoms with Gasteiger partial charge in [0.25, 0.3) is 6.43 Å². The third-order valence-corrected chi connectivity index (χ3v) is 2.92. The van der Waals surface area contributed by atoms with Crippen molar-refractivity contribution in [3.8, 4) is 0 Å². The molecule has 3 heteroatoms. The molecule has 0 aromatic heterocycles. The topological polar surface area (TPSA) is 12.0 Å². The zero-order valence-corrected chi connectivity index (χ0v) is 11.0. The van der Waals surface area contributed by atoms with E-state index in [9.17, 15) is 8.78 Å². The molecule has 0 amide bonds.